The first-order chi connectivity index (χ1) is 11.6. The summed E-state index contributed by atoms with van der Waals surface area (Å²) in [7, 11) is 0. The van der Waals surface area contributed by atoms with Crippen LogP contribution in [-0.2, 0) is 11.2 Å². The number of nitrogens with zero attached hydrogens (tertiary/aromatic N) is 4. The van der Waals surface area contributed by atoms with Crippen molar-refractivity contribution in [3.05, 3.63) is 40.8 Å². The minimum Gasteiger partial charge on any atom is -0.377 e. The second kappa shape index (κ2) is 7.09. The Kier molecular flexibility index (Phi) is 4.89. The fraction of sp³-hybridized carbons (Fsp3) is 0.529. The van der Waals surface area contributed by atoms with Gasteiger partial charge in [-0.25, -0.2) is 0 Å². The Hall–Kier alpha value is -2.28. The zero-order valence-electron chi connectivity index (χ0n) is 14.3. The van der Waals surface area contributed by atoms with Crippen molar-refractivity contribution in [1.82, 2.24) is 20.0 Å². The summed E-state index contributed by atoms with van der Waals surface area (Å²) in [6, 6.07) is 0.0151. The van der Waals surface area contributed by atoms with Crippen molar-refractivity contribution < 1.29 is 14.1 Å². The molecule has 1 aliphatic rings. The molecule has 1 saturated heterocycles. The molecule has 1 amide bonds. The van der Waals surface area contributed by atoms with Crippen LogP contribution in [0.2, 0.25) is 0 Å². The molecular formula is C17H22N4O3. The van der Waals surface area contributed by atoms with Crippen LogP contribution in [0.3, 0.4) is 0 Å². The van der Waals surface area contributed by atoms with E-state index in [0.717, 1.165) is 24.2 Å². The van der Waals surface area contributed by atoms with Crippen LogP contribution in [0.1, 0.15) is 39.6 Å². The standard InChI is InChI=1S/C17H22N4O3/c1-11-15(19-7-6-18-11)5-4-14-10-23-9-8-21(14)17(22)16-12(2)20-24-13(16)3/h6-7,14H,4-5,8-10H2,1-3H3/t14-/m0/s1. The minimum absolute atomic E-state index is 0.0151. The molecule has 3 rings (SSSR count). The monoisotopic (exact) mass is 330 g/mol. The van der Waals surface area contributed by atoms with Crippen LogP contribution in [0.4, 0.5) is 0 Å². The molecule has 0 aromatic carbocycles. The summed E-state index contributed by atoms with van der Waals surface area (Å²) in [6.45, 7) is 7.18. The van der Waals surface area contributed by atoms with Crippen molar-refractivity contribution in [3.63, 3.8) is 0 Å². The number of aryl methyl sites for hydroxylation is 4. The van der Waals surface area contributed by atoms with Gasteiger partial charge in [-0.3, -0.25) is 14.8 Å². The number of hydrogen-bond acceptors (Lipinski definition) is 6. The number of carbonyl (C=O) groups excluding carboxylic acids is 1. The van der Waals surface area contributed by atoms with Gasteiger partial charge >= 0.3 is 0 Å². The van der Waals surface area contributed by atoms with Crippen LogP contribution in [0, 0.1) is 20.8 Å². The van der Waals surface area contributed by atoms with E-state index in [-0.39, 0.29) is 11.9 Å². The van der Waals surface area contributed by atoms with E-state index >= 15 is 0 Å². The largest absolute Gasteiger partial charge is 0.377 e. The molecule has 7 nitrogen and oxygen atoms in total. The van der Waals surface area contributed by atoms with Gasteiger partial charge in [-0.15, -0.1) is 0 Å². The maximum Gasteiger partial charge on any atom is 0.259 e. The zero-order valence-corrected chi connectivity index (χ0v) is 14.3. The van der Waals surface area contributed by atoms with E-state index in [9.17, 15) is 4.79 Å². The van der Waals surface area contributed by atoms with E-state index in [1.165, 1.54) is 0 Å². The lowest BCUT2D eigenvalue weighted by Crippen LogP contribution is -2.49. The van der Waals surface area contributed by atoms with Crippen molar-refractivity contribution in [3.8, 4) is 0 Å². The predicted octanol–water partition coefficient (Wildman–Crippen LogP) is 1.86. The molecule has 1 aliphatic heterocycles. The summed E-state index contributed by atoms with van der Waals surface area (Å²) in [5.74, 6) is 0.530. The Morgan fingerprint density at radius 2 is 2.04 bits per heavy atom. The average Bonchev–Trinajstić information content (AvgIpc) is 2.92. The molecule has 0 unspecified atom stereocenters. The number of amides is 1. The molecule has 0 saturated carbocycles. The van der Waals surface area contributed by atoms with Crippen molar-refractivity contribution in [2.24, 2.45) is 0 Å². The number of morpholine rings is 1. The van der Waals surface area contributed by atoms with Gasteiger partial charge in [0.1, 0.15) is 11.3 Å². The summed E-state index contributed by atoms with van der Waals surface area (Å²) in [5.41, 5.74) is 3.09. The van der Waals surface area contributed by atoms with E-state index in [2.05, 4.69) is 15.1 Å². The van der Waals surface area contributed by atoms with Crippen LogP contribution < -0.4 is 0 Å². The Morgan fingerprint density at radius 1 is 1.25 bits per heavy atom. The molecule has 7 heteroatoms. The quantitative estimate of drug-likeness (QED) is 0.851. The normalized spacial score (nSPS) is 18.0. The number of carbonyl (C=O) groups is 1. The third-order valence-electron chi connectivity index (χ3n) is 4.43. The number of rotatable bonds is 4. The molecule has 3 heterocycles. The predicted molar refractivity (Wildman–Crippen MR) is 86.7 cm³/mol. The molecular weight excluding hydrogens is 308 g/mol. The van der Waals surface area contributed by atoms with Crippen molar-refractivity contribution in [1.29, 1.82) is 0 Å². The molecule has 0 bridgehead atoms. The molecule has 128 valence electrons. The Morgan fingerprint density at radius 3 is 2.75 bits per heavy atom. The fourth-order valence-electron chi connectivity index (χ4n) is 3.08. The number of aromatic nitrogens is 3. The van der Waals surface area contributed by atoms with Crippen LogP contribution >= 0.6 is 0 Å². The highest BCUT2D eigenvalue weighted by Gasteiger charge is 2.31. The maximum atomic E-state index is 12.9. The average molecular weight is 330 g/mol. The lowest BCUT2D eigenvalue weighted by Gasteiger charge is -2.35. The van der Waals surface area contributed by atoms with Gasteiger partial charge in [0, 0.05) is 18.9 Å². The van der Waals surface area contributed by atoms with Gasteiger partial charge in [0.05, 0.1) is 36.3 Å². The topological polar surface area (TPSA) is 81.4 Å². The van der Waals surface area contributed by atoms with Gasteiger partial charge in [0.25, 0.3) is 5.91 Å². The molecule has 1 fully saturated rings. The summed E-state index contributed by atoms with van der Waals surface area (Å²) in [4.78, 5) is 23.5. The third-order valence-corrected chi connectivity index (χ3v) is 4.43. The molecule has 0 spiro atoms. The first-order valence-electron chi connectivity index (χ1n) is 8.16. The second-order valence-electron chi connectivity index (χ2n) is 6.05. The van der Waals surface area contributed by atoms with E-state index in [1.807, 2.05) is 11.8 Å². The van der Waals surface area contributed by atoms with Gasteiger partial charge in [-0.1, -0.05) is 5.16 Å². The Balaban J connectivity index is 1.74. The zero-order chi connectivity index (χ0) is 17.1. The molecule has 2 aromatic rings. The summed E-state index contributed by atoms with van der Waals surface area (Å²) in [6.07, 6.45) is 4.94. The fourth-order valence-corrected chi connectivity index (χ4v) is 3.08. The van der Waals surface area contributed by atoms with Gasteiger partial charge in [-0.2, -0.15) is 0 Å². The van der Waals surface area contributed by atoms with Gasteiger partial charge < -0.3 is 14.2 Å². The highest BCUT2D eigenvalue weighted by Crippen LogP contribution is 2.21. The summed E-state index contributed by atoms with van der Waals surface area (Å²) >= 11 is 0. The molecule has 24 heavy (non-hydrogen) atoms. The van der Waals surface area contributed by atoms with Crippen molar-refractivity contribution >= 4 is 5.91 Å². The first kappa shape index (κ1) is 16.6. The highest BCUT2D eigenvalue weighted by atomic mass is 16.5. The summed E-state index contributed by atoms with van der Waals surface area (Å²) < 4.78 is 10.7. The van der Waals surface area contributed by atoms with E-state index < -0.39 is 0 Å². The lowest BCUT2D eigenvalue weighted by molar-refractivity contribution is -0.00426. The van der Waals surface area contributed by atoms with Gasteiger partial charge in [0.15, 0.2) is 0 Å². The second-order valence-corrected chi connectivity index (χ2v) is 6.05. The molecule has 2 aromatic heterocycles. The Labute approximate surface area is 141 Å². The lowest BCUT2D eigenvalue weighted by atomic mass is 10.0. The third kappa shape index (κ3) is 3.31. The minimum atomic E-state index is -0.0320. The molecule has 0 N–H and O–H groups in total. The van der Waals surface area contributed by atoms with Crippen LogP contribution in [0.5, 0.6) is 0 Å². The van der Waals surface area contributed by atoms with Crippen molar-refractivity contribution in [2.75, 3.05) is 19.8 Å². The number of hydrogen-bond donors (Lipinski definition) is 0. The van der Waals surface area contributed by atoms with E-state index in [4.69, 9.17) is 9.26 Å². The maximum absolute atomic E-state index is 12.9. The van der Waals surface area contributed by atoms with E-state index in [1.54, 1.807) is 26.2 Å². The Bertz CT molecular complexity index is 709. The molecule has 0 radical (unpaired) electrons. The highest BCUT2D eigenvalue weighted by molar-refractivity contribution is 5.96. The molecule has 1 atom stereocenters. The van der Waals surface area contributed by atoms with Crippen LogP contribution in [-0.4, -0.2) is 51.7 Å². The smallest absolute Gasteiger partial charge is 0.259 e. The van der Waals surface area contributed by atoms with Crippen LogP contribution in [0.15, 0.2) is 16.9 Å². The van der Waals surface area contributed by atoms with Gasteiger partial charge in [-0.05, 0) is 33.6 Å². The first-order valence-corrected chi connectivity index (χ1v) is 8.16. The van der Waals surface area contributed by atoms with Crippen molar-refractivity contribution in [2.45, 2.75) is 39.7 Å². The van der Waals surface area contributed by atoms with E-state index in [0.29, 0.717) is 36.8 Å². The SMILES string of the molecule is Cc1nccnc1CC[C@H]1COCCN1C(=O)c1c(C)noc1C. The van der Waals surface area contributed by atoms with Crippen LogP contribution in [0.25, 0.3) is 0 Å². The summed E-state index contributed by atoms with van der Waals surface area (Å²) in [5, 5.41) is 3.89. The van der Waals surface area contributed by atoms with Gasteiger partial charge in [0.2, 0.25) is 0 Å². The molecule has 0 aliphatic carbocycles. The number of ether oxygens (including phenoxy) is 1.